The van der Waals surface area contributed by atoms with Crippen molar-refractivity contribution in [2.24, 2.45) is 0 Å². The average molecular weight is 491 g/mol. The standard InChI is InChI=1S/C24H35F8N/c1-3-5-7-9-10-11-13-18-33(20-16-14-15-19(25)21(20)26)24(31,32)23(29,30)22(27,28)17-12-8-6-4-2/h14-16H,3-13,17-18H2,1-2H3/p+1. The minimum atomic E-state index is -5.75. The zero-order chi connectivity index (χ0) is 25.1. The maximum absolute atomic E-state index is 15.1. The third-order valence-corrected chi connectivity index (χ3v) is 5.88. The monoisotopic (exact) mass is 490 g/mol. The van der Waals surface area contributed by atoms with Gasteiger partial charge in [0.1, 0.15) is 0 Å². The van der Waals surface area contributed by atoms with Crippen molar-refractivity contribution in [2.45, 2.75) is 109 Å². The maximum Gasteiger partial charge on any atom is 0.464 e. The molecule has 0 saturated carbocycles. The first kappa shape index (κ1) is 29.7. The molecule has 1 aromatic rings. The predicted molar refractivity (Wildman–Crippen MR) is 113 cm³/mol. The van der Waals surface area contributed by atoms with Crippen LogP contribution in [0.4, 0.5) is 40.8 Å². The van der Waals surface area contributed by atoms with E-state index in [-0.39, 0.29) is 19.3 Å². The van der Waals surface area contributed by atoms with E-state index < -0.39 is 53.1 Å². The molecule has 0 spiro atoms. The zero-order valence-electron chi connectivity index (χ0n) is 19.4. The summed E-state index contributed by atoms with van der Waals surface area (Å²) in [5.74, 6) is -14.0. The second kappa shape index (κ2) is 13.5. The Labute approximate surface area is 191 Å². The molecule has 0 radical (unpaired) electrons. The van der Waals surface area contributed by atoms with Crippen molar-refractivity contribution in [3.8, 4) is 0 Å². The van der Waals surface area contributed by atoms with E-state index in [1.54, 1.807) is 6.92 Å². The van der Waals surface area contributed by atoms with Gasteiger partial charge in [-0.05, 0) is 25.3 Å². The average Bonchev–Trinajstić information content (AvgIpc) is 2.75. The molecule has 0 amide bonds. The van der Waals surface area contributed by atoms with Gasteiger partial charge in [-0.25, -0.2) is 9.29 Å². The molecular formula is C24H36F8N+. The van der Waals surface area contributed by atoms with E-state index in [1.165, 1.54) is 0 Å². The van der Waals surface area contributed by atoms with Gasteiger partial charge < -0.3 is 0 Å². The molecule has 1 unspecified atom stereocenters. The third-order valence-electron chi connectivity index (χ3n) is 5.88. The molecule has 0 aliphatic carbocycles. The Morgan fingerprint density at radius 3 is 1.79 bits per heavy atom. The Hall–Kier alpha value is -1.38. The van der Waals surface area contributed by atoms with Crippen LogP contribution in [-0.4, -0.2) is 24.4 Å². The molecule has 33 heavy (non-hydrogen) atoms. The van der Waals surface area contributed by atoms with E-state index in [9.17, 15) is 26.3 Å². The van der Waals surface area contributed by atoms with Crippen LogP contribution >= 0.6 is 0 Å². The first-order valence-corrected chi connectivity index (χ1v) is 11.9. The van der Waals surface area contributed by atoms with E-state index >= 15 is 8.78 Å². The van der Waals surface area contributed by atoms with Crippen molar-refractivity contribution in [1.82, 2.24) is 0 Å². The van der Waals surface area contributed by atoms with Gasteiger partial charge in [0.25, 0.3) is 0 Å². The van der Waals surface area contributed by atoms with E-state index in [2.05, 4.69) is 0 Å². The summed E-state index contributed by atoms with van der Waals surface area (Å²) in [6, 6.07) is -3.06. The maximum atomic E-state index is 15.1. The molecule has 0 aliphatic heterocycles. The minimum Gasteiger partial charge on any atom is -0.234 e. The van der Waals surface area contributed by atoms with Gasteiger partial charge in [-0.1, -0.05) is 71.3 Å². The molecule has 0 saturated heterocycles. The molecule has 0 heterocycles. The number of benzene rings is 1. The van der Waals surface area contributed by atoms with Crippen LogP contribution in [0.25, 0.3) is 0 Å². The second-order valence-electron chi connectivity index (χ2n) is 8.62. The number of nitrogens with one attached hydrogen (secondary N) is 1. The summed E-state index contributed by atoms with van der Waals surface area (Å²) in [6.07, 6.45) is 4.41. The molecular weight excluding hydrogens is 454 g/mol. The molecule has 1 N–H and O–H groups in total. The smallest absolute Gasteiger partial charge is 0.234 e. The fourth-order valence-corrected chi connectivity index (χ4v) is 3.81. The molecule has 0 fully saturated rings. The van der Waals surface area contributed by atoms with E-state index in [1.807, 2.05) is 6.92 Å². The molecule has 9 heteroatoms. The number of hydrogen-bond donors (Lipinski definition) is 1. The molecule has 0 aliphatic rings. The van der Waals surface area contributed by atoms with E-state index in [4.69, 9.17) is 0 Å². The van der Waals surface area contributed by atoms with Crippen LogP contribution in [0.3, 0.4) is 0 Å². The van der Waals surface area contributed by atoms with Gasteiger partial charge in [-0.15, -0.1) is 8.78 Å². The van der Waals surface area contributed by atoms with Gasteiger partial charge in [-0.2, -0.15) is 22.0 Å². The lowest BCUT2D eigenvalue weighted by Gasteiger charge is -2.36. The number of alkyl halides is 6. The summed E-state index contributed by atoms with van der Waals surface area (Å²) in [4.78, 5) is -1.48. The Morgan fingerprint density at radius 1 is 0.697 bits per heavy atom. The molecule has 192 valence electrons. The highest BCUT2D eigenvalue weighted by molar-refractivity contribution is 5.32. The Balaban J connectivity index is 3.11. The van der Waals surface area contributed by atoms with Crippen LogP contribution < -0.4 is 4.90 Å². The molecule has 1 aromatic carbocycles. The summed E-state index contributed by atoms with van der Waals surface area (Å²) in [6.45, 7) is 3.08. The summed E-state index contributed by atoms with van der Waals surface area (Å²) in [5.41, 5.74) is -1.08. The van der Waals surface area contributed by atoms with E-state index in [0.717, 1.165) is 37.8 Å². The fourth-order valence-electron chi connectivity index (χ4n) is 3.81. The van der Waals surface area contributed by atoms with Crippen LogP contribution in [0.2, 0.25) is 0 Å². The summed E-state index contributed by atoms with van der Waals surface area (Å²) in [5, 5.41) is 0. The van der Waals surface area contributed by atoms with Gasteiger partial charge in [0.05, 0.1) is 6.54 Å². The Morgan fingerprint density at radius 2 is 1.21 bits per heavy atom. The van der Waals surface area contributed by atoms with Crippen molar-refractivity contribution in [3.63, 3.8) is 0 Å². The second-order valence-corrected chi connectivity index (χ2v) is 8.62. The van der Waals surface area contributed by atoms with Crippen molar-refractivity contribution >= 4 is 5.69 Å². The molecule has 1 nitrogen and oxygen atoms in total. The molecule has 0 aromatic heterocycles. The normalized spacial score (nSPS) is 14.0. The van der Waals surface area contributed by atoms with Gasteiger partial charge >= 0.3 is 17.9 Å². The number of hydrogen-bond acceptors (Lipinski definition) is 0. The zero-order valence-corrected chi connectivity index (χ0v) is 19.4. The number of quaternary nitrogens is 1. The van der Waals surface area contributed by atoms with Crippen molar-refractivity contribution in [1.29, 1.82) is 0 Å². The van der Waals surface area contributed by atoms with Crippen molar-refractivity contribution in [2.75, 3.05) is 6.54 Å². The van der Waals surface area contributed by atoms with Crippen LogP contribution in [0, 0.1) is 11.6 Å². The lowest BCUT2D eigenvalue weighted by Crippen LogP contribution is -3.17. The molecule has 0 bridgehead atoms. The van der Waals surface area contributed by atoms with Crippen LogP contribution in [-0.2, 0) is 0 Å². The van der Waals surface area contributed by atoms with Crippen molar-refractivity contribution < 1.29 is 40.0 Å². The Kier molecular flexibility index (Phi) is 12.1. The lowest BCUT2D eigenvalue weighted by atomic mass is 10.00. The summed E-state index contributed by atoms with van der Waals surface area (Å²) in [7, 11) is 0. The predicted octanol–water partition coefficient (Wildman–Crippen LogP) is 8.07. The topological polar surface area (TPSA) is 4.44 Å². The van der Waals surface area contributed by atoms with E-state index in [0.29, 0.717) is 31.7 Å². The van der Waals surface area contributed by atoms with Gasteiger partial charge in [0.15, 0.2) is 11.5 Å². The third kappa shape index (κ3) is 7.82. The van der Waals surface area contributed by atoms with Gasteiger partial charge in [-0.3, -0.25) is 0 Å². The first-order valence-electron chi connectivity index (χ1n) is 11.9. The Bertz CT molecular complexity index is 693. The van der Waals surface area contributed by atoms with Gasteiger partial charge in [0.2, 0.25) is 5.82 Å². The highest BCUT2D eigenvalue weighted by atomic mass is 19.3. The fraction of sp³-hybridized carbons (Fsp3) is 0.750. The summed E-state index contributed by atoms with van der Waals surface area (Å²) < 4.78 is 116. The minimum absolute atomic E-state index is 0.0227. The van der Waals surface area contributed by atoms with Crippen LogP contribution in [0.15, 0.2) is 18.2 Å². The number of unbranched alkanes of at least 4 members (excludes halogenated alkanes) is 9. The van der Waals surface area contributed by atoms with Crippen LogP contribution in [0.1, 0.15) is 90.9 Å². The molecule has 1 rings (SSSR count). The van der Waals surface area contributed by atoms with Gasteiger partial charge in [0, 0.05) is 12.5 Å². The number of rotatable bonds is 17. The lowest BCUT2D eigenvalue weighted by molar-refractivity contribution is -0.949. The largest absolute Gasteiger partial charge is 0.464 e. The first-order chi connectivity index (χ1) is 15.4. The number of halogens is 8. The molecule has 1 atom stereocenters. The van der Waals surface area contributed by atoms with Crippen LogP contribution in [0.5, 0.6) is 0 Å². The summed E-state index contributed by atoms with van der Waals surface area (Å²) >= 11 is 0. The van der Waals surface area contributed by atoms with Crippen molar-refractivity contribution in [3.05, 3.63) is 29.8 Å². The highest BCUT2D eigenvalue weighted by Gasteiger charge is 2.77. The quantitative estimate of drug-likeness (QED) is 0.128. The SMILES string of the molecule is CCCCCCCCC[NH+](c1cccc(F)c1F)C(F)(F)C(F)(F)C(F)(F)CCCCCC. The highest BCUT2D eigenvalue weighted by Crippen LogP contribution is 2.46.